The van der Waals surface area contributed by atoms with Crippen LogP contribution in [-0.2, 0) is 25.7 Å². The lowest BCUT2D eigenvalue weighted by Crippen LogP contribution is -2.26. The van der Waals surface area contributed by atoms with Crippen LogP contribution in [0.3, 0.4) is 0 Å². The van der Waals surface area contributed by atoms with Crippen LogP contribution in [0.25, 0.3) is 0 Å². The SMILES string of the molecule is CCOC(=O)C(C(=O)OCC)c1ccc(OCc2ccccc2)cc1. The monoisotopic (exact) mass is 342 g/mol. The summed E-state index contributed by atoms with van der Waals surface area (Å²) in [6.45, 7) is 4.24. The fourth-order valence-corrected chi connectivity index (χ4v) is 2.32. The molecule has 0 saturated carbocycles. The molecule has 0 saturated heterocycles. The zero-order chi connectivity index (χ0) is 18.1. The van der Waals surface area contributed by atoms with E-state index in [0.29, 0.717) is 17.9 Å². The maximum atomic E-state index is 12.1. The van der Waals surface area contributed by atoms with Crippen molar-refractivity contribution >= 4 is 11.9 Å². The first-order chi connectivity index (χ1) is 12.2. The average Bonchev–Trinajstić information content (AvgIpc) is 2.62. The first kappa shape index (κ1) is 18.5. The standard InChI is InChI=1S/C20H22O5/c1-3-23-19(21)18(20(22)24-4-2)16-10-12-17(13-11-16)25-14-15-8-6-5-7-9-15/h5-13,18H,3-4,14H2,1-2H3. The van der Waals surface area contributed by atoms with Gasteiger partial charge in [0, 0.05) is 0 Å². The molecule has 0 radical (unpaired) electrons. The lowest BCUT2D eigenvalue weighted by Gasteiger charge is -2.15. The van der Waals surface area contributed by atoms with Gasteiger partial charge >= 0.3 is 11.9 Å². The average molecular weight is 342 g/mol. The van der Waals surface area contributed by atoms with Gasteiger partial charge in [-0.1, -0.05) is 42.5 Å². The summed E-state index contributed by atoms with van der Waals surface area (Å²) in [5, 5.41) is 0. The van der Waals surface area contributed by atoms with E-state index in [0.717, 1.165) is 5.56 Å². The summed E-state index contributed by atoms with van der Waals surface area (Å²) in [4.78, 5) is 24.2. The third-order valence-corrected chi connectivity index (χ3v) is 3.51. The van der Waals surface area contributed by atoms with Gasteiger partial charge in [-0.25, -0.2) is 0 Å². The van der Waals surface area contributed by atoms with Crippen LogP contribution in [0.5, 0.6) is 5.75 Å². The largest absolute Gasteiger partial charge is 0.489 e. The molecule has 0 aliphatic rings. The first-order valence-corrected chi connectivity index (χ1v) is 8.25. The molecule has 0 atom stereocenters. The lowest BCUT2D eigenvalue weighted by molar-refractivity contribution is -0.156. The minimum atomic E-state index is -1.08. The van der Waals surface area contributed by atoms with Crippen LogP contribution >= 0.6 is 0 Å². The van der Waals surface area contributed by atoms with Gasteiger partial charge in [0.2, 0.25) is 0 Å². The Balaban J connectivity index is 2.08. The topological polar surface area (TPSA) is 61.8 Å². The zero-order valence-corrected chi connectivity index (χ0v) is 14.4. The number of carbonyl (C=O) groups excluding carboxylic acids is 2. The van der Waals surface area contributed by atoms with E-state index in [1.807, 2.05) is 30.3 Å². The van der Waals surface area contributed by atoms with Crippen molar-refractivity contribution in [3.63, 3.8) is 0 Å². The number of hydrogen-bond donors (Lipinski definition) is 0. The van der Waals surface area contributed by atoms with E-state index >= 15 is 0 Å². The van der Waals surface area contributed by atoms with Crippen LogP contribution in [0.15, 0.2) is 54.6 Å². The van der Waals surface area contributed by atoms with E-state index < -0.39 is 17.9 Å². The highest BCUT2D eigenvalue weighted by Gasteiger charge is 2.31. The van der Waals surface area contributed by atoms with Crippen molar-refractivity contribution in [2.75, 3.05) is 13.2 Å². The number of rotatable bonds is 8. The second kappa shape index (κ2) is 9.47. The second-order valence-corrected chi connectivity index (χ2v) is 5.28. The highest BCUT2D eigenvalue weighted by molar-refractivity contribution is 6.00. The number of ether oxygens (including phenoxy) is 3. The van der Waals surface area contributed by atoms with E-state index in [9.17, 15) is 9.59 Å². The molecule has 2 rings (SSSR count). The Bertz CT molecular complexity index is 661. The third-order valence-electron chi connectivity index (χ3n) is 3.51. The summed E-state index contributed by atoms with van der Waals surface area (Å²) in [6, 6.07) is 16.6. The zero-order valence-electron chi connectivity index (χ0n) is 14.4. The van der Waals surface area contributed by atoms with Crippen LogP contribution in [0, 0.1) is 0 Å². The van der Waals surface area contributed by atoms with Gasteiger partial charge in [-0.05, 0) is 37.1 Å². The van der Waals surface area contributed by atoms with Gasteiger partial charge in [0.05, 0.1) is 13.2 Å². The van der Waals surface area contributed by atoms with Crippen molar-refractivity contribution in [2.24, 2.45) is 0 Å². The number of benzene rings is 2. The van der Waals surface area contributed by atoms with E-state index in [-0.39, 0.29) is 13.2 Å². The molecule has 0 fully saturated rings. The molecule has 0 N–H and O–H groups in total. The molecule has 25 heavy (non-hydrogen) atoms. The number of esters is 2. The highest BCUT2D eigenvalue weighted by Crippen LogP contribution is 2.23. The lowest BCUT2D eigenvalue weighted by atomic mass is 9.99. The molecule has 0 aliphatic heterocycles. The quantitative estimate of drug-likeness (QED) is 0.543. The van der Waals surface area contributed by atoms with Crippen molar-refractivity contribution in [1.29, 1.82) is 0 Å². The van der Waals surface area contributed by atoms with Crippen LogP contribution in [-0.4, -0.2) is 25.2 Å². The summed E-state index contributed by atoms with van der Waals surface area (Å²) < 4.78 is 15.7. The molecule has 5 nitrogen and oxygen atoms in total. The normalized spacial score (nSPS) is 10.4. The molecular formula is C20H22O5. The van der Waals surface area contributed by atoms with Crippen LogP contribution < -0.4 is 4.74 Å². The van der Waals surface area contributed by atoms with E-state index in [1.54, 1.807) is 38.1 Å². The molecule has 0 heterocycles. The highest BCUT2D eigenvalue weighted by atomic mass is 16.6. The van der Waals surface area contributed by atoms with Crippen molar-refractivity contribution in [3.05, 3.63) is 65.7 Å². The van der Waals surface area contributed by atoms with Crippen LogP contribution in [0.4, 0.5) is 0 Å². The van der Waals surface area contributed by atoms with Crippen molar-refractivity contribution in [1.82, 2.24) is 0 Å². The summed E-state index contributed by atoms with van der Waals surface area (Å²) in [5.41, 5.74) is 1.58. The molecule has 0 aromatic heterocycles. The molecule has 0 bridgehead atoms. The first-order valence-electron chi connectivity index (χ1n) is 8.25. The van der Waals surface area contributed by atoms with Gasteiger partial charge in [0.15, 0.2) is 5.92 Å². The number of hydrogen-bond acceptors (Lipinski definition) is 5. The maximum absolute atomic E-state index is 12.1. The van der Waals surface area contributed by atoms with Crippen molar-refractivity contribution < 1.29 is 23.8 Å². The van der Waals surface area contributed by atoms with Gasteiger partial charge in [-0.3, -0.25) is 9.59 Å². The summed E-state index contributed by atoms with van der Waals surface area (Å²) in [6.07, 6.45) is 0. The molecule has 0 spiro atoms. The van der Waals surface area contributed by atoms with Gasteiger partial charge < -0.3 is 14.2 Å². The van der Waals surface area contributed by atoms with Crippen molar-refractivity contribution in [3.8, 4) is 5.75 Å². The maximum Gasteiger partial charge on any atom is 0.324 e. The Kier molecular flexibility index (Phi) is 7.01. The molecule has 0 amide bonds. The third kappa shape index (κ3) is 5.35. The summed E-state index contributed by atoms with van der Waals surface area (Å²) >= 11 is 0. The molecule has 2 aromatic carbocycles. The Labute approximate surface area is 147 Å². The Morgan fingerprint density at radius 1 is 0.840 bits per heavy atom. The molecule has 0 aliphatic carbocycles. The van der Waals surface area contributed by atoms with Gasteiger partial charge in [0.1, 0.15) is 12.4 Å². The Morgan fingerprint density at radius 3 is 1.92 bits per heavy atom. The fraction of sp³-hybridized carbons (Fsp3) is 0.300. The second-order valence-electron chi connectivity index (χ2n) is 5.28. The smallest absolute Gasteiger partial charge is 0.324 e. The van der Waals surface area contributed by atoms with Crippen LogP contribution in [0.1, 0.15) is 30.9 Å². The van der Waals surface area contributed by atoms with Gasteiger partial charge in [0.25, 0.3) is 0 Å². The fourth-order valence-electron chi connectivity index (χ4n) is 2.32. The predicted octanol–water partition coefficient (Wildman–Crippen LogP) is 3.48. The minimum Gasteiger partial charge on any atom is -0.489 e. The van der Waals surface area contributed by atoms with Gasteiger partial charge in [-0.2, -0.15) is 0 Å². The van der Waals surface area contributed by atoms with Crippen molar-refractivity contribution in [2.45, 2.75) is 26.4 Å². The molecule has 2 aromatic rings. The number of carbonyl (C=O) groups is 2. The van der Waals surface area contributed by atoms with E-state index in [1.165, 1.54) is 0 Å². The molecule has 132 valence electrons. The Morgan fingerprint density at radius 2 is 1.40 bits per heavy atom. The summed E-state index contributed by atoms with van der Waals surface area (Å²) in [7, 11) is 0. The predicted molar refractivity (Wildman–Crippen MR) is 93.2 cm³/mol. The molecular weight excluding hydrogens is 320 g/mol. The van der Waals surface area contributed by atoms with Gasteiger partial charge in [-0.15, -0.1) is 0 Å². The summed E-state index contributed by atoms with van der Waals surface area (Å²) in [5.74, 6) is -1.65. The minimum absolute atomic E-state index is 0.201. The van der Waals surface area contributed by atoms with Crippen LogP contribution in [0.2, 0.25) is 0 Å². The van der Waals surface area contributed by atoms with E-state index in [4.69, 9.17) is 14.2 Å². The molecule has 0 unspecified atom stereocenters. The Hall–Kier alpha value is -2.82. The van der Waals surface area contributed by atoms with E-state index in [2.05, 4.69) is 0 Å². The molecule has 5 heteroatoms.